The molecule has 90 valence electrons. The van der Waals surface area contributed by atoms with E-state index in [0.29, 0.717) is 0 Å². The molecule has 0 amide bonds. The van der Waals surface area contributed by atoms with Crippen LogP contribution >= 0.6 is 15.9 Å². The molecule has 2 atom stereocenters. The largest absolute Gasteiger partial charge is 0.326 e. The van der Waals surface area contributed by atoms with E-state index in [1.165, 1.54) is 6.33 Å². The van der Waals surface area contributed by atoms with Gasteiger partial charge in [-0.25, -0.2) is 9.67 Å². The van der Waals surface area contributed by atoms with Gasteiger partial charge in [0.25, 0.3) is 0 Å². The van der Waals surface area contributed by atoms with Gasteiger partial charge in [-0.15, -0.1) is 0 Å². The van der Waals surface area contributed by atoms with E-state index in [1.54, 1.807) is 6.33 Å². The fourth-order valence-corrected chi connectivity index (χ4v) is 2.29. The standard InChI is InChI=1S/C12H15BrN4/c1-2-11(14)12(17-8-15-7-16-17)9-4-3-5-10(13)6-9/h3-8,11-12H,2,14H2,1H3. The van der Waals surface area contributed by atoms with Crippen LogP contribution in [0.1, 0.15) is 24.9 Å². The zero-order valence-corrected chi connectivity index (χ0v) is 11.2. The van der Waals surface area contributed by atoms with Crippen LogP contribution in [0.3, 0.4) is 0 Å². The van der Waals surface area contributed by atoms with Gasteiger partial charge in [0.1, 0.15) is 12.7 Å². The summed E-state index contributed by atoms with van der Waals surface area (Å²) in [4.78, 5) is 3.99. The van der Waals surface area contributed by atoms with Gasteiger partial charge >= 0.3 is 0 Å². The lowest BCUT2D eigenvalue weighted by Crippen LogP contribution is -2.32. The Morgan fingerprint density at radius 2 is 2.29 bits per heavy atom. The van der Waals surface area contributed by atoms with Crippen LogP contribution < -0.4 is 5.73 Å². The van der Waals surface area contributed by atoms with Crippen LogP contribution in [0.5, 0.6) is 0 Å². The van der Waals surface area contributed by atoms with Gasteiger partial charge in [0.05, 0.1) is 6.04 Å². The highest BCUT2D eigenvalue weighted by atomic mass is 79.9. The van der Waals surface area contributed by atoms with Gasteiger partial charge in [-0.2, -0.15) is 5.10 Å². The van der Waals surface area contributed by atoms with Crippen molar-refractivity contribution in [2.45, 2.75) is 25.4 Å². The van der Waals surface area contributed by atoms with Crippen LogP contribution in [-0.4, -0.2) is 20.8 Å². The molecule has 2 unspecified atom stereocenters. The molecule has 2 aromatic rings. The summed E-state index contributed by atoms with van der Waals surface area (Å²) in [5, 5.41) is 4.20. The monoisotopic (exact) mass is 294 g/mol. The summed E-state index contributed by atoms with van der Waals surface area (Å²) >= 11 is 3.48. The first-order chi connectivity index (χ1) is 8.22. The predicted octanol–water partition coefficient (Wildman–Crippen LogP) is 2.37. The van der Waals surface area contributed by atoms with Crippen LogP contribution in [0.25, 0.3) is 0 Å². The van der Waals surface area contributed by atoms with Gasteiger partial charge in [0, 0.05) is 10.5 Å². The average Bonchev–Trinajstić information content (AvgIpc) is 2.83. The molecular weight excluding hydrogens is 280 g/mol. The SMILES string of the molecule is CCC(N)C(c1cccc(Br)c1)n1cncn1. The molecule has 2 N–H and O–H groups in total. The van der Waals surface area contributed by atoms with Crippen LogP contribution in [0.15, 0.2) is 41.4 Å². The highest BCUT2D eigenvalue weighted by Gasteiger charge is 2.21. The summed E-state index contributed by atoms with van der Waals surface area (Å²) in [6, 6.07) is 8.19. The van der Waals surface area contributed by atoms with Gasteiger partial charge in [-0.1, -0.05) is 35.0 Å². The number of benzene rings is 1. The van der Waals surface area contributed by atoms with Gasteiger partial charge in [0.15, 0.2) is 0 Å². The van der Waals surface area contributed by atoms with E-state index in [4.69, 9.17) is 5.73 Å². The predicted molar refractivity (Wildman–Crippen MR) is 70.6 cm³/mol. The minimum Gasteiger partial charge on any atom is -0.326 e. The Morgan fingerprint density at radius 1 is 1.47 bits per heavy atom. The van der Waals surface area contributed by atoms with Crippen molar-refractivity contribution in [2.75, 3.05) is 0 Å². The number of rotatable bonds is 4. The number of nitrogens with zero attached hydrogens (tertiary/aromatic N) is 3. The number of hydrogen-bond acceptors (Lipinski definition) is 3. The number of hydrogen-bond donors (Lipinski definition) is 1. The summed E-state index contributed by atoms with van der Waals surface area (Å²) in [5.41, 5.74) is 7.32. The molecule has 0 aliphatic rings. The summed E-state index contributed by atoms with van der Waals surface area (Å²) in [6.45, 7) is 2.08. The van der Waals surface area contributed by atoms with E-state index < -0.39 is 0 Å². The first kappa shape index (κ1) is 12.3. The molecule has 0 bridgehead atoms. The quantitative estimate of drug-likeness (QED) is 0.942. The van der Waals surface area contributed by atoms with E-state index >= 15 is 0 Å². The third kappa shape index (κ3) is 2.73. The molecule has 0 aliphatic carbocycles. The van der Waals surface area contributed by atoms with Crippen molar-refractivity contribution < 1.29 is 0 Å². The molecule has 0 saturated heterocycles. The molecule has 0 fully saturated rings. The lowest BCUT2D eigenvalue weighted by atomic mass is 9.98. The van der Waals surface area contributed by atoms with E-state index in [2.05, 4.69) is 45.1 Å². The normalized spacial score (nSPS) is 14.5. The Morgan fingerprint density at radius 3 is 2.88 bits per heavy atom. The molecular formula is C12H15BrN4. The van der Waals surface area contributed by atoms with Crippen LogP contribution in [-0.2, 0) is 0 Å². The fourth-order valence-electron chi connectivity index (χ4n) is 1.87. The first-order valence-electron chi connectivity index (χ1n) is 5.57. The van der Waals surface area contributed by atoms with Crippen molar-refractivity contribution in [1.29, 1.82) is 0 Å². The van der Waals surface area contributed by atoms with Crippen molar-refractivity contribution in [2.24, 2.45) is 5.73 Å². The van der Waals surface area contributed by atoms with E-state index in [9.17, 15) is 0 Å². The van der Waals surface area contributed by atoms with Crippen LogP contribution in [0, 0.1) is 0 Å². The van der Waals surface area contributed by atoms with Crippen molar-refractivity contribution >= 4 is 15.9 Å². The Kier molecular flexibility index (Phi) is 3.91. The molecule has 1 heterocycles. The van der Waals surface area contributed by atoms with Gasteiger partial charge in [-0.3, -0.25) is 0 Å². The van der Waals surface area contributed by atoms with Gasteiger partial charge in [-0.05, 0) is 24.1 Å². The molecule has 5 heteroatoms. The summed E-state index contributed by atoms with van der Waals surface area (Å²) in [5.74, 6) is 0. The molecule has 0 aliphatic heterocycles. The zero-order chi connectivity index (χ0) is 12.3. The molecule has 4 nitrogen and oxygen atoms in total. The van der Waals surface area contributed by atoms with Crippen LogP contribution in [0.4, 0.5) is 0 Å². The highest BCUT2D eigenvalue weighted by Crippen LogP contribution is 2.24. The molecule has 0 radical (unpaired) electrons. The smallest absolute Gasteiger partial charge is 0.137 e. The first-order valence-corrected chi connectivity index (χ1v) is 6.37. The second-order valence-corrected chi connectivity index (χ2v) is 4.86. The van der Waals surface area contributed by atoms with E-state index in [0.717, 1.165) is 16.5 Å². The van der Waals surface area contributed by atoms with E-state index in [1.807, 2.05) is 16.8 Å². The third-order valence-electron chi connectivity index (χ3n) is 2.79. The highest BCUT2D eigenvalue weighted by molar-refractivity contribution is 9.10. The Labute approximate surface area is 109 Å². The van der Waals surface area contributed by atoms with Crippen molar-refractivity contribution in [3.63, 3.8) is 0 Å². The summed E-state index contributed by atoms with van der Waals surface area (Å²) in [6.07, 6.45) is 4.13. The minimum atomic E-state index is 0.0194. The minimum absolute atomic E-state index is 0.0194. The zero-order valence-electron chi connectivity index (χ0n) is 9.62. The number of aromatic nitrogens is 3. The van der Waals surface area contributed by atoms with Crippen molar-refractivity contribution in [1.82, 2.24) is 14.8 Å². The fraction of sp³-hybridized carbons (Fsp3) is 0.333. The second kappa shape index (κ2) is 5.42. The van der Waals surface area contributed by atoms with Crippen molar-refractivity contribution in [3.8, 4) is 0 Å². The Balaban J connectivity index is 2.40. The molecule has 17 heavy (non-hydrogen) atoms. The van der Waals surface area contributed by atoms with Gasteiger partial charge in [0.2, 0.25) is 0 Å². The molecule has 0 saturated carbocycles. The average molecular weight is 295 g/mol. The van der Waals surface area contributed by atoms with E-state index in [-0.39, 0.29) is 12.1 Å². The lowest BCUT2D eigenvalue weighted by molar-refractivity contribution is 0.423. The second-order valence-electron chi connectivity index (χ2n) is 3.95. The third-order valence-corrected chi connectivity index (χ3v) is 3.28. The van der Waals surface area contributed by atoms with Crippen LogP contribution in [0.2, 0.25) is 0 Å². The summed E-state index contributed by atoms with van der Waals surface area (Å²) < 4.78 is 2.86. The maximum Gasteiger partial charge on any atom is 0.137 e. The maximum absolute atomic E-state index is 6.19. The number of nitrogens with two attached hydrogens (primary N) is 1. The van der Waals surface area contributed by atoms with Gasteiger partial charge < -0.3 is 5.73 Å². The Hall–Kier alpha value is -1.20. The molecule has 0 spiro atoms. The maximum atomic E-state index is 6.19. The molecule has 1 aromatic carbocycles. The van der Waals surface area contributed by atoms with Crippen molar-refractivity contribution in [3.05, 3.63) is 47.0 Å². The topological polar surface area (TPSA) is 56.7 Å². The molecule has 1 aromatic heterocycles. The Bertz CT molecular complexity index is 469. The summed E-state index contributed by atoms with van der Waals surface area (Å²) in [7, 11) is 0. The number of halogens is 1. The lowest BCUT2D eigenvalue weighted by Gasteiger charge is -2.23. The molecule has 2 rings (SSSR count).